The fraction of sp³-hybridized carbons (Fsp3) is 0.294. The third-order valence-electron chi connectivity index (χ3n) is 3.46. The average molecular weight is 284 g/mol. The number of ether oxygens (including phenoxy) is 1. The minimum Gasteiger partial charge on any atom is -0.496 e. The van der Waals surface area contributed by atoms with Crippen LogP contribution >= 0.6 is 0 Å². The van der Waals surface area contributed by atoms with Gasteiger partial charge in [0, 0.05) is 12.4 Å². The Morgan fingerprint density at radius 2 is 2.19 bits per heavy atom. The van der Waals surface area contributed by atoms with E-state index in [1.165, 1.54) is 0 Å². The molecule has 0 spiro atoms. The highest BCUT2D eigenvalue weighted by Crippen LogP contribution is 2.24. The van der Waals surface area contributed by atoms with Crippen LogP contribution in [0.2, 0.25) is 0 Å². The van der Waals surface area contributed by atoms with Crippen molar-refractivity contribution in [1.82, 2.24) is 10.3 Å². The number of methoxy groups -OCH3 is 1. The van der Waals surface area contributed by atoms with Crippen LogP contribution in [0.3, 0.4) is 0 Å². The van der Waals surface area contributed by atoms with Crippen LogP contribution in [0, 0.1) is 6.92 Å². The summed E-state index contributed by atoms with van der Waals surface area (Å²) < 4.78 is 5.27. The predicted molar refractivity (Wildman–Crippen MR) is 82.5 cm³/mol. The zero-order valence-electron chi connectivity index (χ0n) is 12.6. The van der Waals surface area contributed by atoms with E-state index in [0.29, 0.717) is 5.56 Å². The van der Waals surface area contributed by atoms with Crippen molar-refractivity contribution >= 4 is 5.91 Å². The predicted octanol–water partition coefficient (Wildman–Crippen LogP) is 3.28. The molecule has 4 heteroatoms. The monoisotopic (exact) mass is 284 g/mol. The second kappa shape index (κ2) is 6.88. The van der Waals surface area contributed by atoms with Gasteiger partial charge < -0.3 is 10.1 Å². The Hall–Kier alpha value is -2.36. The van der Waals surface area contributed by atoms with Gasteiger partial charge >= 0.3 is 0 Å². The van der Waals surface area contributed by atoms with Gasteiger partial charge in [0.25, 0.3) is 5.91 Å². The molecule has 1 aromatic heterocycles. The smallest absolute Gasteiger partial charge is 0.253 e. The van der Waals surface area contributed by atoms with Gasteiger partial charge in [-0.05, 0) is 42.7 Å². The molecule has 2 rings (SSSR count). The molecule has 21 heavy (non-hydrogen) atoms. The summed E-state index contributed by atoms with van der Waals surface area (Å²) in [5.74, 6) is 0.746. The third-order valence-corrected chi connectivity index (χ3v) is 3.46. The Bertz CT molecular complexity index is 611. The molecule has 4 nitrogen and oxygen atoms in total. The molecule has 110 valence electrons. The first-order valence-electron chi connectivity index (χ1n) is 7.01. The van der Waals surface area contributed by atoms with Crippen LogP contribution < -0.4 is 10.1 Å². The molecule has 1 aromatic carbocycles. The molecule has 0 saturated heterocycles. The number of nitrogens with zero attached hydrogens (tertiary/aromatic N) is 1. The molecular formula is C17H20N2O2. The summed E-state index contributed by atoms with van der Waals surface area (Å²) in [6.45, 7) is 4.05. The van der Waals surface area contributed by atoms with Crippen molar-refractivity contribution < 1.29 is 9.53 Å². The van der Waals surface area contributed by atoms with Gasteiger partial charge in [-0.15, -0.1) is 0 Å². The lowest BCUT2D eigenvalue weighted by Gasteiger charge is -2.18. The fourth-order valence-electron chi connectivity index (χ4n) is 2.28. The molecule has 0 bridgehead atoms. The molecule has 1 N–H and O–H groups in total. The van der Waals surface area contributed by atoms with E-state index in [2.05, 4.69) is 16.4 Å². The summed E-state index contributed by atoms with van der Waals surface area (Å²) in [7, 11) is 1.66. The van der Waals surface area contributed by atoms with E-state index < -0.39 is 0 Å². The topological polar surface area (TPSA) is 51.2 Å². The zero-order valence-corrected chi connectivity index (χ0v) is 12.6. The minimum absolute atomic E-state index is 0.0256. The SMILES string of the molecule is CC[C@H](NC(=O)c1cccnc1)c1ccc(OC)c(C)c1. The van der Waals surface area contributed by atoms with Crippen molar-refractivity contribution in [3.8, 4) is 5.75 Å². The molecule has 0 radical (unpaired) electrons. The van der Waals surface area contributed by atoms with Crippen molar-refractivity contribution in [2.75, 3.05) is 7.11 Å². The van der Waals surface area contributed by atoms with E-state index in [0.717, 1.165) is 23.3 Å². The third kappa shape index (κ3) is 3.60. The van der Waals surface area contributed by atoms with Crippen LogP contribution in [-0.4, -0.2) is 18.0 Å². The molecule has 2 aromatic rings. The number of nitrogens with one attached hydrogen (secondary N) is 1. The zero-order chi connectivity index (χ0) is 15.2. The molecule has 0 aliphatic rings. The first-order chi connectivity index (χ1) is 10.2. The lowest BCUT2D eigenvalue weighted by Crippen LogP contribution is -2.28. The Morgan fingerprint density at radius 1 is 1.38 bits per heavy atom. The largest absolute Gasteiger partial charge is 0.496 e. The van der Waals surface area contributed by atoms with Gasteiger partial charge in [-0.2, -0.15) is 0 Å². The highest BCUT2D eigenvalue weighted by Gasteiger charge is 2.15. The Kier molecular flexibility index (Phi) is 4.93. The maximum atomic E-state index is 12.2. The van der Waals surface area contributed by atoms with Crippen molar-refractivity contribution in [2.45, 2.75) is 26.3 Å². The van der Waals surface area contributed by atoms with E-state index in [-0.39, 0.29) is 11.9 Å². The van der Waals surface area contributed by atoms with Crippen LogP contribution in [0.15, 0.2) is 42.7 Å². The van der Waals surface area contributed by atoms with Crippen molar-refractivity contribution in [3.05, 3.63) is 59.4 Å². The lowest BCUT2D eigenvalue weighted by molar-refractivity contribution is 0.0935. The molecule has 0 unspecified atom stereocenters. The number of amides is 1. The number of hydrogen-bond donors (Lipinski definition) is 1. The number of benzene rings is 1. The number of pyridine rings is 1. The van der Waals surface area contributed by atoms with Crippen molar-refractivity contribution in [2.24, 2.45) is 0 Å². The van der Waals surface area contributed by atoms with Crippen molar-refractivity contribution in [1.29, 1.82) is 0 Å². The van der Waals surface area contributed by atoms with Crippen LogP contribution in [-0.2, 0) is 0 Å². The van der Waals surface area contributed by atoms with Gasteiger partial charge in [0.05, 0.1) is 18.7 Å². The summed E-state index contributed by atoms with van der Waals surface area (Å²) in [5, 5.41) is 3.04. The maximum absolute atomic E-state index is 12.2. The van der Waals surface area contributed by atoms with Crippen LogP contribution in [0.25, 0.3) is 0 Å². The van der Waals surface area contributed by atoms with Gasteiger partial charge in [-0.1, -0.05) is 19.1 Å². The van der Waals surface area contributed by atoms with E-state index in [1.807, 2.05) is 26.0 Å². The first-order valence-corrected chi connectivity index (χ1v) is 7.01. The fourth-order valence-corrected chi connectivity index (χ4v) is 2.28. The molecule has 1 amide bonds. The Balaban J connectivity index is 2.16. The van der Waals surface area contributed by atoms with Crippen molar-refractivity contribution in [3.63, 3.8) is 0 Å². The molecule has 0 aliphatic heterocycles. The van der Waals surface area contributed by atoms with E-state index >= 15 is 0 Å². The molecule has 0 aliphatic carbocycles. The minimum atomic E-state index is -0.108. The normalized spacial score (nSPS) is 11.8. The second-order valence-corrected chi connectivity index (χ2v) is 4.91. The first kappa shape index (κ1) is 15.0. The van der Waals surface area contributed by atoms with Crippen LogP contribution in [0.4, 0.5) is 0 Å². The number of rotatable bonds is 5. The maximum Gasteiger partial charge on any atom is 0.253 e. The van der Waals surface area contributed by atoms with Crippen LogP contribution in [0.5, 0.6) is 5.75 Å². The van der Waals surface area contributed by atoms with E-state index in [4.69, 9.17) is 4.74 Å². The highest BCUT2D eigenvalue weighted by atomic mass is 16.5. The summed E-state index contributed by atoms with van der Waals surface area (Å²) >= 11 is 0. The summed E-state index contributed by atoms with van der Waals surface area (Å²) in [4.78, 5) is 16.2. The van der Waals surface area contributed by atoms with Gasteiger partial charge in [0.15, 0.2) is 0 Å². The molecule has 1 atom stereocenters. The Labute approximate surface area is 125 Å². The summed E-state index contributed by atoms with van der Waals surface area (Å²) in [6.07, 6.45) is 4.04. The molecule has 0 fully saturated rings. The summed E-state index contributed by atoms with van der Waals surface area (Å²) in [5.41, 5.74) is 2.71. The number of aromatic nitrogens is 1. The molecule has 0 saturated carbocycles. The number of hydrogen-bond acceptors (Lipinski definition) is 3. The van der Waals surface area contributed by atoms with Gasteiger partial charge in [-0.3, -0.25) is 9.78 Å². The quantitative estimate of drug-likeness (QED) is 0.916. The van der Waals surface area contributed by atoms with E-state index in [1.54, 1.807) is 31.6 Å². The van der Waals surface area contributed by atoms with Gasteiger partial charge in [0.2, 0.25) is 0 Å². The lowest BCUT2D eigenvalue weighted by atomic mass is 10.0. The average Bonchev–Trinajstić information content (AvgIpc) is 2.53. The number of carbonyl (C=O) groups excluding carboxylic acids is 1. The highest BCUT2D eigenvalue weighted by molar-refractivity contribution is 5.94. The van der Waals surface area contributed by atoms with Crippen LogP contribution in [0.1, 0.15) is 40.9 Å². The standard InChI is InChI=1S/C17H20N2O2/c1-4-15(13-7-8-16(21-3)12(2)10-13)19-17(20)14-6-5-9-18-11-14/h5-11,15H,4H2,1-3H3,(H,19,20)/t15-/m0/s1. The van der Waals surface area contributed by atoms with Gasteiger partial charge in [-0.25, -0.2) is 0 Å². The van der Waals surface area contributed by atoms with Gasteiger partial charge in [0.1, 0.15) is 5.75 Å². The number of aryl methyl sites for hydroxylation is 1. The Morgan fingerprint density at radius 3 is 2.76 bits per heavy atom. The second-order valence-electron chi connectivity index (χ2n) is 4.91. The number of carbonyl (C=O) groups is 1. The summed E-state index contributed by atoms with van der Waals surface area (Å²) in [6, 6.07) is 9.47. The molecule has 1 heterocycles. The van der Waals surface area contributed by atoms with E-state index in [9.17, 15) is 4.79 Å². The molecular weight excluding hydrogens is 264 g/mol.